The predicted octanol–water partition coefficient (Wildman–Crippen LogP) is 1.19. The summed E-state index contributed by atoms with van der Waals surface area (Å²) in [6, 6.07) is 4.59. The van der Waals surface area contributed by atoms with Crippen molar-refractivity contribution >= 4 is 23.3 Å². The third-order valence-electron chi connectivity index (χ3n) is 4.38. The van der Waals surface area contributed by atoms with Crippen molar-refractivity contribution < 1.29 is 29.5 Å². The molecule has 1 aromatic rings. The fourth-order valence-electron chi connectivity index (χ4n) is 3.10. The largest absolute Gasteiger partial charge is 0.550 e. The standard InChI is InChI=1S/C18H20N2O7/c1-11(21)15-16(12-6-8-13(9-7-12)20(26)27)19(18(25)17(15)24)10-4-2-3-5-14(22)23/h6-9,16,24H,2-5,10H2,1H3,(H,22,23)/p-1/t16-/m0/s1. The van der Waals surface area contributed by atoms with Crippen molar-refractivity contribution in [3.05, 3.63) is 51.3 Å². The SMILES string of the molecule is CC(=O)C1=C(O)C(=O)N(CCCCCC(=O)[O-])[C@H]1c1ccc([N+](=O)[O-])cc1. The first-order valence-corrected chi connectivity index (χ1v) is 8.43. The average molecular weight is 375 g/mol. The molecule has 0 spiro atoms. The van der Waals surface area contributed by atoms with Crippen molar-refractivity contribution in [2.45, 2.75) is 38.6 Å². The van der Waals surface area contributed by atoms with Gasteiger partial charge in [-0.3, -0.25) is 19.7 Å². The predicted molar refractivity (Wildman–Crippen MR) is 91.4 cm³/mol. The Hall–Kier alpha value is -3.23. The smallest absolute Gasteiger partial charge is 0.290 e. The number of unbranched alkanes of at least 4 members (excludes halogenated alkanes) is 2. The molecule has 1 heterocycles. The zero-order valence-corrected chi connectivity index (χ0v) is 14.7. The number of benzene rings is 1. The van der Waals surface area contributed by atoms with Crippen molar-refractivity contribution in [2.75, 3.05) is 6.54 Å². The summed E-state index contributed by atoms with van der Waals surface area (Å²) in [5, 5.41) is 31.4. The van der Waals surface area contributed by atoms with Crippen molar-refractivity contribution in [3.63, 3.8) is 0 Å². The van der Waals surface area contributed by atoms with E-state index in [2.05, 4.69) is 0 Å². The highest BCUT2D eigenvalue weighted by Gasteiger charge is 2.42. The number of aliphatic hydroxyl groups is 1. The maximum atomic E-state index is 12.4. The van der Waals surface area contributed by atoms with Gasteiger partial charge in [-0.05, 0) is 43.9 Å². The highest BCUT2D eigenvalue weighted by atomic mass is 16.6. The normalized spacial score (nSPS) is 16.7. The molecule has 2 rings (SSSR count). The second-order valence-electron chi connectivity index (χ2n) is 6.25. The van der Waals surface area contributed by atoms with Crippen LogP contribution in [-0.4, -0.2) is 39.1 Å². The van der Waals surface area contributed by atoms with Gasteiger partial charge in [0.15, 0.2) is 11.5 Å². The molecule has 1 atom stereocenters. The highest BCUT2D eigenvalue weighted by Crippen LogP contribution is 2.38. The number of nitro groups is 1. The third kappa shape index (κ3) is 4.49. The summed E-state index contributed by atoms with van der Waals surface area (Å²) in [6.07, 6.45) is 1.31. The lowest BCUT2D eigenvalue weighted by molar-refractivity contribution is -0.384. The first kappa shape index (κ1) is 20.1. The van der Waals surface area contributed by atoms with Crippen LogP contribution >= 0.6 is 0 Å². The summed E-state index contributed by atoms with van der Waals surface area (Å²) in [4.78, 5) is 46.4. The van der Waals surface area contributed by atoms with Crippen LogP contribution in [0.2, 0.25) is 0 Å². The monoisotopic (exact) mass is 375 g/mol. The number of carboxylic acids is 1. The number of amides is 1. The van der Waals surface area contributed by atoms with E-state index in [0.717, 1.165) is 0 Å². The fourth-order valence-corrected chi connectivity index (χ4v) is 3.10. The van der Waals surface area contributed by atoms with Crippen LogP contribution < -0.4 is 5.11 Å². The topological polar surface area (TPSA) is 141 Å². The molecular formula is C18H19N2O7-. The molecule has 0 unspecified atom stereocenters. The molecule has 0 fully saturated rings. The number of nitro benzene ring substituents is 1. The third-order valence-corrected chi connectivity index (χ3v) is 4.38. The van der Waals surface area contributed by atoms with E-state index in [1.54, 1.807) is 0 Å². The fraction of sp³-hybridized carbons (Fsp3) is 0.389. The number of aliphatic hydroxyl groups excluding tert-OH is 1. The number of carbonyl (C=O) groups excluding carboxylic acids is 3. The van der Waals surface area contributed by atoms with Crippen LogP contribution in [0.3, 0.4) is 0 Å². The first-order chi connectivity index (χ1) is 12.7. The Balaban J connectivity index is 2.23. The van der Waals surface area contributed by atoms with Crippen LogP contribution in [0.4, 0.5) is 5.69 Å². The number of aliphatic carboxylic acids is 1. The van der Waals surface area contributed by atoms with E-state index in [1.807, 2.05) is 0 Å². The van der Waals surface area contributed by atoms with E-state index in [9.17, 15) is 34.7 Å². The van der Waals surface area contributed by atoms with Crippen LogP contribution in [0.5, 0.6) is 0 Å². The maximum absolute atomic E-state index is 12.4. The number of Topliss-reactive ketones (excluding diaryl/α,β-unsaturated/α-hetero) is 1. The minimum atomic E-state index is -1.14. The molecule has 1 amide bonds. The summed E-state index contributed by atoms with van der Waals surface area (Å²) < 4.78 is 0. The van der Waals surface area contributed by atoms with Gasteiger partial charge in [-0.25, -0.2) is 0 Å². The molecule has 0 aromatic heterocycles. The number of carbonyl (C=O) groups is 3. The lowest BCUT2D eigenvalue weighted by Gasteiger charge is -2.26. The van der Waals surface area contributed by atoms with Gasteiger partial charge in [-0.15, -0.1) is 0 Å². The number of carboxylic acid groups (broad SMARTS) is 1. The number of hydrogen-bond donors (Lipinski definition) is 1. The van der Waals surface area contributed by atoms with Gasteiger partial charge >= 0.3 is 0 Å². The van der Waals surface area contributed by atoms with Gasteiger partial charge in [0, 0.05) is 24.6 Å². The number of non-ortho nitro benzene ring substituents is 1. The molecule has 1 N–H and O–H groups in total. The van der Waals surface area contributed by atoms with Gasteiger partial charge in [0.2, 0.25) is 0 Å². The Kier molecular flexibility index (Phi) is 6.27. The molecule has 0 bridgehead atoms. The summed E-state index contributed by atoms with van der Waals surface area (Å²) in [5.74, 6) is -2.93. The molecule has 1 aliphatic rings. The molecule has 0 saturated carbocycles. The van der Waals surface area contributed by atoms with Crippen molar-refractivity contribution in [3.8, 4) is 0 Å². The van der Waals surface area contributed by atoms with Crippen LogP contribution in [0.25, 0.3) is 0 Å². The Morgan fingerprint density at radius 2 is 1.81 bits per heavy atom. The lowest BCUT2D eigenvalue weighted by Crippen LogP contribution is -2.32. The van der Waals surface area contributed by atoms with Gasteiger partial charge in [0.1, 0.15) is 0 Å². The van der Waals surface area contributed by atoms with E-state index < -0.39 is 34.4 Å². The summed E-state index contributed by atoms with van der Waals surface area (Å²) in [5.41, 5.74) is 0.288. The first-order valence-electron chi connectivity index (χ1n) is 8.43. The van der Waals surface area contributed by atoms with Gasteiger partial charge in [-0.2, -0.15) is 0 Å². The quantitative estimate of drug-likeness (QED) is 0.388. The summed E-state index contributed by atoms with van der Waals surface area (Å²) >= 11 is 0. The van der Waals surface area contributed by atoms with Gasteiger partial charge in [-0.1, -0.05) is 6.42 Å². The molecule has 1 aliphatic heterocycles. The molecule has 0 aliphatic carbocycles. The highest BCUT2D eigenvalue weighted by molar-refractivity contribution is 6.08. The second kappa shape index (κ2) is 8.43. The van der Waals surface area contributed by atoms with Crippen LogP contribution in [0.1, 0.15) is 44.2 Å². The van der Waals surface area contributed by atoms with E-state index >= 15 is 0 Å². The lowest BCUT2D eigenvalue weighted by atomic mass is 9.96. The Labute approximate surface area is 155 Å². The molecule has 1 aromatic carbocycles. The molecule has 27 heavy (non-hydrogen) atoms. The number of rotatable bonds is 9. The van der Waals surface area contributed by atoms with Crippen LogP contribution in [-0.2, 0) is 14.4 Å². The van der Waals surface area contributed by atoms with Crippen LogP contribution in [0.15, 0.2) is 35.6 Å². The van der Waals surface area contributed by atoms with Gasteiger partial charge in [0.25, 0.3) is 11.6 Å². The molecule has 144 valence electrons. The van der Waals surface area contributed by atoms with Crippen molar-refractivity contribution in [1.82, 2.24) is 4.90 Å². The van der Waals surface area contributed by atoms with E-state index in [-0.39, 0.29) is 24.2 Å². The van der Waals surface area contributed by atoms with Crippen molar-refractivity contribution in [1.29, 1.82) is 0 Å². The van der Waals surface area contributed by atoms with Crippen molar-refractivity contribution in [2.24, 2.45) is 0 Å². The zero-order valence-electron chi connectivity index (χ0n) is 14.7. The number of hydrogen-bond acceptors (Lipinski definition) is 7. The summed E-state index contributed by atoms with van der Waals surface area (Å²) in [7, 11) is 0. The average Bonchev–Trinajstić information content (AvgIpc) is 2.86. The Morgan fingerprint density at radius 3 is 2.33 bits per heavy atom. The molecule has 0 radical (unpaired) electrons. The van der Waals surface area contributed by atoms with E-state index in [1.165, 1.54) is 36.1 Å². The van der Waals surface area contributed by atoms with Crippen LogP contribution in [0, 0.1) is 10.1 Å². The molecule has 9 nitrogen and oxygen atoms in total. The Bertz CT molecular complexity index is 798. The minimum absolute atomic E-state index is 0.0522. The molecule has 0 saturated heterocycles. The molecular weight excluding hydrogens is 356 g/mol. The zero-order chi connectivity index (χ0) is 20.1. The van der Waals surface area contributed by atoms with Gasteiger partial charge < -0.3 is 19.9 Å². The molecule has 9 heteroatoms. The maximum Gasteiger partial charge on any atom is 0.290 e. The number of ketones is 1. The Morgan fingerprint density at radius 1 is 1.19 bits per heavy atom. The van der Waals surface area contributed by atoms with E-state index in [4.69, 9.17) is 0 Å². The van der Waals surface area contributed by atoms with Gasteiger partial charge in [0.05, 0.1) is 16.5 Å². The van der Waals surface area contributed by atoms with E-state index in [0.29, 0.717) is 24.8 Å². The minimum Gasteiger partial charge on any atom is -0.550 e. The number of nitrogens with zero attached hydrogens (tertiary/aromatic N) is 2. The second-order valence-corrected chi connectivity index (χ2v) is 6.25. The summed E-state index contributed by atoms with van der Waals surface area (Å²) in [6.45, 7) is 1.44.